The number of para-hydroxylation sites is 1. The van der Waals surface area contributed by atoms with Gasteiger partial charge in [-0.15, -0.1) is 11.6 Å². The Labute approximate surface area is 133 Å². The zero-order valence-electron chi connectivity index (χ0n) is 11.4. The van der Waals surface area contributed by atoms with Gasteiger partial charge in [-0.2, -0.15) is 0 Å². The lowest BCUT2D eigenvalue weighted by Gasteiger charge is -2.38. The highest BCUT2D eigenvalue weighted by Crippen LogP contribution is 2.39. The first kappa shape index (κ1) is 14.0. The zero-order valence-corrected chi connectivity index (χ0v) is 13.8. The molecule has 0 spiro atoms. The number of halogens is 2. The normalized spacial score (nSPS) is 17.9. The van der Waals surface area contributed by atoms with E-state index in [0.29, 0.717) is 11.9 Å². The molecule has 0 aliphatic carbocycles. The van der Waals surface area contributed by atoms with E-state index in [2.05, 4.69) is 70.2 Å². The summed E-state index contributed by atoms with van der Waals surface area (Å²) < 4.78 is 1.08. The number of fused-ring (bicyclic) bond motifs is 1. The van der Waals surface area contributed by atoms with Gasteiger partial charge in [-0.05, 0) is 55.2 Å². The van der Waals surface area contributed by atoms with Gasteiger partial charge in [0.05, 0.1) is 0 Å². The van der Waals surface area contributed by atoms with Crippen molar-refractivity contribution in [1.82, 2.24) is 0 Å². The van der Waals surface area contributed by atoms with Gasteiger partial charge >= 0.3 is 0 Å². The van der Waals surface area contributed by atoms with Crippen LogP contribution in [0, 0.1) is 0 Å². The van der Waals surface area contributed by atoms with Crippen LogP contribution in [0.5, 0.6) is 0 Å². The fourth-order valence-corrected chi connectivity index (χ4v) is 3.57. The summed E-state index contributed by atoms with van der Waals surface area (Å²) in [6.07, 6.45) is 2.33. The third-order valence-electron chi connectivity index (χ3n) is 3.97. The van der Waals surface area contributed by atoms with Crippen molar-refractivity contribution in [2.75, 3.05) is 4.90 Å². The monoisotopic (exact) mass is 349 g/mol. The molecule has 2 aromatic carbocycles. The molecule has 0 radical (unpaired) electrons. The molecule has 104 valence electrons. The number of anilines is 2. The molecule has 2 aromatic rings. The number of rotatable bonds is 2. The highest BCUT2D eigenvalue weighted by Gasteiger charge is 2.25. The summed E-state index contributed by atoms with van der Waals surface area (Å²) in [6, 6.07) is 15.5. The number of nitrogens with zero attached hydrogens (tertiary/aromatic N) is 1. The summed E-state index contributed by atoms with van der Waals surface area (Å²) in [4.78, 5) is 2.43. The van der Waals surface area contributed by atoms with Crippen molar-refractivity contribution >= 4 is 38.9 Å². The fourth-order valence-electron chi connectivity index (χ4n) is 2.95. The van der Waals surface area contributed by atoms with Crippen LogP contribution >= 0.6 is 27.5 Å². The second kappa shape index (κ2) is 5.79. The maximum atomic E-state index is 6.15. The predicted octanol–water partition coefficient (Wildman–Crippen LogP) is 5.66. The molecule has 0 fully saturated rings. The van der Waals surface area contributed by atoms with Gasteiger partial charge in [-0.25, -0.2) is 0 Å². The fraction of sp³-hybridized carbons (Fsp3) is 0.294. The average molecular weight is 351 g/mol. The van der Waals surface area contributed by atoms with Crippen LogP contribution in [0.3, 0.4) is 0 Å². The van der Waals surface area contributed by atoms with Gasteiger partial charge in [-0.3, -0.25) is 0 Å². The Hall–Kier alpha value is -0.990. The smallest absolute Gasteiger partial charge is 0.0495 e. The molecule has 20 heavy (non-hydrogen) atoms. The van der Waals surface area contributed by atoms with Crippen molar-refractivity contribution < 1.29 is 0 Å². The molecule has 0 aromatic heterocycles. The first-order valence-electron chi connectivity index (χ1n) is 6.92. The maximum Gasteiger partial charge on any atom is 0.0495 e. The number of benzene rings is 2. The van der Waals surface area contributed by atoms with E-state index in [9.17, 15) is 0 Å². The summed E-state index contributed by atoms with van der Waals surface area (Å²) in [5.74, 6) is 0.528. The highest BCUT2D eigenvalue weighted by atomic mass is 79.9. The van der Waals surface area contributed by atoms with Gasteiger partial charge in [0.1, 0.15) is 0 Å². The third-order valence-corrected chi connectivity index (χ3v) is 4.75. The number of alkyl halides is 1. The minimum Gasteiger partial charge on any atom is -0.338 e. The van der Waals surface area contributed by atoms with Crippen LogP contribution in [0.1, 0.15) is 24.5 Å². The quantitative estimate of drug-likeness (QED) is 0.632. The Morgan fingerprint density at radius 2 is 2.00 bits per heavy atom. The van der Waals surface area contributed by atoms with Crippen molar-refractivity contribution in [2.24, 2.45) is 0 Å². The van der Waals surface area contributed by atoms with E-state index in [-0.39, 0.29) is 0 Å². The molecule has 1 unspecified atom stereocenters. The Balaban J connectivity index is 2.14. The molecule has 0 amide bonds. The molecule has 0 saturated carbocycles. The molecular weight excluding hydrogens is 334 g/mol. The van der Waals surface area contributed by atoms with E-state index < -0.39 is 0 Å². The van der Waals surface area contributed by atoms with Crippen molar-refractivity contribution in [1.29, 1.82) is 0 Å². The third kappa shape index (κ3) is 2.47. The standard InChI is InChI=1S/C17H17BrClN/c1-12-6-7-13-4-2-3-5-16(13)20(12)17-9-8-15(18)10-14(17)11-19/h2-5,8-10,12H,6-7,11H2,1H3. The second-order valence-corrected chi connectivity index (χ2v) is 6.48. The van der Waals surface area contributed by atoms with Gasteiger partial charge in [0, 0.05) is 27.8 Å². The molecule has 0 bridgehead atoms. The largest absolute Gasteiger partial charge is 0.338 e. The summed E-state index contributed by atoms with van der Waals surface area (Å²) in [5.41, 5.74) is 5.14. The minimum absolute atomic E-state index is 0.494. The lowest BCUT2D eigenvalue weighted by molar-refractivity contribution is 0.617. The summed E-state index contributed by atoms with van der Waals surface area (Å²) in [7, 11) is 0. The van der Waals surface area contributed by atoms with Crippen LogP contribution in [0.2, 0.25) is 0 Å². The second-order valence-electron chi connectivity index (χ2n) is 5.29. The topological polar surface area (TPSA) is 3.24 Å². The van der Waals surface area contributed by atoms with E-state index in [0.717, 1.165) is 10.9 Å². The summed E-state index contributed by atoms with van der Waals surface area (Å²) in [6.45, 7) is 2.29. The molecule has 1 aliphatic rings. The molecule has 1 heterocycles. The molecular formula is C17H17BrClN. The molecule has 3 heteroatoms. The molecule has 3 rings (SSSR count). The molecule has 0 N–H and O–H groups in total. The molecule has 1 nitrogen and oxygen atoms in total. The van der Waals surface area contributed by atoms with E-state index >= 15 is 0 Å². The van der Waals surface area contributed by atoms with Crippen molar-refractivity contribution in [3.8, 4) is 0 Å². The van der Waals surface area contributed by atoms with E-state index in [1.54, 1.807) is 0 Å². The molecule has 0 saturated heterocycles. The molecule has 1 aliphatic heterocycles. The Kier molecular flexibility index (Phi) is 4.04. The van der Waals surface area contributed by atoms with Gasteiger partial charge in [0.2, 0.25) is 0 Å². The highest BCUT2D eigenvalue weighted by molar-refractivity contribution is 9.10. The van der Waals surface area contributed by atoms with Gasteiger partial charge in [-0.1, -0.05) is 34.1 Å². The number of hydrogen-bond donors (Lipinski definition) is 0. The van der Waals surface area contributed by atoms with E-state index in [1.807, 2.05) is 0 Å². The van der Waals surface area contributed by atoms with Crippen LogP contribution in [0.15, 0.2) is 46.9 Å². The number of hydrogen-bond acceptors (Lipinski definition) is 1. The van der Waals surface area contributed by atoms with Crippen LogP contribution in [0.4, 0.5) is 11.4 Å². The Morgan fingerprint density at radius 3 is 2.80 bits per heavy atom. The number of aryl methyl sites for hydroxylation is 1. The summed E-state index contributed by atoms with van der Waals surface area (Å²) in [5, 5.41) is 0. The first-order chi connectivity index (χ1) is 9.70. The van der Waals surface area contributed by atoms with Crippen LogP contribution in [-0.4, -0.2) is 6.04 Å². The van der Waals surface area contributed by atoms with Crippen molar-refractivity contribution in [3.05, 3.63) is 58.1 Å². The first-order valence-corrected chi connectivity index (χ1v) is 8.25. The van der Waals surface area contributed by atoms with Crippen molar-refractivity contribution in [2.45, 2.75) is 31.7 Å². The van der Waals surface area contributed by atoms with Gasteiger partial charge in [0.15, 0.2) is 0 Å². The van der Waals surface area contributed by atoms with Gasteiger partial charge < -0.3 is 4.90 Å². The lowest BCUT2D eigenvalue weighted by Crippen LogP contribution is -2.33. The predicted molar refractivity (Wildman–Crippen MR) is 90.1 cm³/mol. The lowest BCUT2D eigenvalue weighted by atomic mass is 9.95. The Morgan fingerprint density at radius 1 is 1.20 bits per heavy atom. The summed E-state index contributed by atoms with van der Waals surface area (Å²) >= 11 is 9.68. The van der Waals surface area contributed by atoms with Gasteiger partial charge in [0.25, 0.3) is 0 Å². The average Bonchev–Trinajstić information content (AvgIpc) is 2.48. The van der Waals surface area contributed by atoms with Crippen LogP contribution in [-0.2, 0) is 12.3 Å². The zero-order chi connectivity index (χ0) is 14.1. The van der Waals surface area contributed by atoms with Crippen LogP contribution in [0.25, 0.3) is 0 Å². The van der Waals surface area contributed by atoms with E-state index in [1.165, 1.54) is 28.9 Å². The minimum atomic E-state index is 0.494. The van der Waals surface area contributed by atoms with E-state index in [4.69, 9.17) is 11.6 Å². The SMILES string of the molecule is CC1CCc2ccccc2N1c1ccc(Br)cc1CCl. The Bertz CT molecular complexity index is 626. The van der Waals surface area contributed by atoms with Crippen molar-refractivity contribution in [3.63, 3.8) is 0 Å². The maximum absolute atomic E-state index is 6.15. The molecule has 1 atom stereocenters. The van der Waals surface area contributed by atoms with Crippen LogP contribution < -0.4 is 4.90 Å².